The minimum atomic E-state index is -0.675. The van der Waals surface area contributed by atoms with Gasteiger partial charge in [0.1, 0.15) is 5.82 Å². The van der Waals surface area contributed by atoms with Crippen molar-refractivity contribution < 1.29 is 9.13 Å². The van der Waals surface area contributed by atoms with Crippen molar-refractivity contribution in [2.24, 2.45) is 0 Å². The zero-order chi connectivity index (χ0) is 44.2. The van der Waals surface area contributed by atoms with Crippen molar-refractivity contribution in [3.8, 4) is 22.6 Å². The molecule has 14 rings (SSSR count). The molecule has 1 aliphatic carbocycles. The lowest BCUT2D eigenvalue weighted by Crippen LogP contribution is -2.37. The van der Waals surface area contributed by atoms with Crippen LogP contribution in [0.5, 0.6) is 11.5 Å². The summed E-state index contributed by atoms with van der Waals surface area (Å²) in [6, 6.07) is 81.4. The van der Waals surface area contributed by atoms with Gasteiger partial charge in [-0.2, -0.15) is 0 Å². The Bertz CT molecular complexity index is 3690. The average Bonchev–Trinajstić information content (AvgIpc) is 3.89. The zero-order valence-corrected chi connectivity index (χ0v) is 36.9. The standard InChI is InChI=1S/C62H39FN2OS/c63-41-36-48-47-33-32-44(64(42-19-6-2-7-20-42)43-21-8-3-9-22-43)38-58(47)67-61(48)49(37-41)59(39-17-4-1-5-18-39)40-31-34-54-53(35-40)62(50-25-12-10-23-45(50)46-24-11-13-26-51(46)62)52-27-16-30-57-60(52)65(54)55-28-14-15-29-56(55)66-57/h1-38,59H. The lowest BCUT2D eigenvalue weighted by molar-refractivity contribution is 0.473. The minimum Gasteiger partial charge on any atom is -0.453 e. The van der Waals surface area contributed by atoms with Gasteiger partial charge in [-0.1, -0.05) is 158 Å². The third-order valence-corrected chi connectivity index (χ3v) is 15.4. The Kier molecular flexibility index (Phi) is 8.31. The van der Waals surface area contributed by atoms with Crippen LogP contribution in [0.15, 0.2) is 231 Å². The fourth-order valence-electron chi connectivity index (χ4n) is 11.6. The topological polar surface area (TPSA) is 15.7 Å². The predicted octanol–water partition coefficient (Wildman–Crippen LogP) is 17.1. The molecule has 3 aliphatic rings. The van der Waals surface area contributed by atoms with Crippen LogP contribution in [0, 0.1) is 5.82 Å². The van der Waals surface area contributed by atoms with Gasteiger partial charge in [0.25, 0.3) is 0 Å². The summed E-state index contributed by atoms with van der Waals surface area (Å²) in [5, 5.41) is 1.97. The van der Waals surface area contributed by atoms with Gasteiger partial charge in [-0.05, 0) is 123 Å². The predicted molar refractivity (Wildman–Crippen MR) is 273 cm³/mol. The van der Waals surface area contributed by atoms with E-state index in [0.717, 1.165) is 82.5 Å². The van der Waals surface area contributed by atoms with Crippen LogP contribution in [0.25, 0.3) is 31.3 Å². The summed E-state index contributed by atoms with van der Waals surface area (Å²) in [6.07, 6.45) is 0. The summed E-state index contributed by atoms with van der Waals surface area (Å²) in [6.45, 7) is 0. The minimum absolute atomic E-state index is 0.248. The highest BCUT2D eigenvalue weighted by atomic mass is 32.1. The van der Waals surface area contributed by atoms with Gasteiger partial charge in [-0.15, -0.1) is 11.3 Å². The van der Waals surface area contributed by atoms with E-state index in [-0.39, 0.29) is 11.7 Å². The lowest BCUT2D eigenvalue weighted by Gasteiger charge is -2.47. The molecule has 0 fully saturated rings. The Morgan fingerprint density at radius 3 is 1.82 bits per heavy atom. The largest absolute Gasteiger partial charge is 0.453 e. The van der Waals surface area contributed by atoms with Crippen LogP contribution in [0.4, 0.5) is 38.5 Å². The molecule has 10 aromatic carbocycles. The Balaban J connectivity index is 1.03. The maximum Gasteiger partial charge on any atom is 0.151 e. The second-order valence-corrected chi connectivity index (χ2v) is 18.7. The van der Waals surface area contributed by atoms with E-state index in [2.05, 4.69) is 210 Å². The first kappa shape index (κ1) is 38.1. The third kappa shape index (κ3) is 5.49. The number of hydrogen-bond donors (Lipinski definition) is 0. The van der Waals surface area contributed by atoms with Crippen molar-refractivity contribution in [1.29, 1.82) is 0 Å². The number of ether oxygens (including phenoxy) is 1. The zero-order valence-electron chi connectivity index (χ0n) is 36.1. The maximum atomic E-state index is 16.6. The molecule has 1 spiro atoms. The molecule has 5 heteroatoms. The van der Waals surface area contributed by atoms with Crippen LogP contribution in [0.2, 0.25) is 0 Å². The Labute approximate surface area is 391 Å². The molecular formula is C62H39FN2OS. The van der Waals surface area contributed by atoms with E-state index in [4.69, 9.17) is 4.74 Å². The van der Waals surface area contributed by atoms with Gasteiger partial charge < -0.3 is 14.5 Å². The number of para-hydroxylation sites is 5. The van der Waals surface area contributed by atoms with Crippen molar-refractivity contribution in [1.82, 2.24) is 0 Å². The van der Waals surface area contributed by atoms with Crippen molar-refractivity contribution in [3.63, 3.8) is 0 Å². The van der Waals surface area contributed by atoms with Gasteiger partial charge in [0, 0.05) is 43.2 Å². The number of nitrogens with zero attached hydrogens (tertiary/aromatic N) is 2. The molecule has 0 saturated carbocycles. The van der Waals surface area contributed by atoms with Gasteiger partial charge >= 0.3 is 0 Å². The SMILES string of the molecule is Fc1cc(C(c2ccccc2)c2ccc3c(c2)C2(c4ccccc4-c4ccccc42)c2cccc4c2N3c2ccccc2O4)c2sc3cc(N(c4ccccc4)c4ccccc4)ccc3c2c1. The number of fused-ring (bicyclic) bond motifs is 14. The third-order valence-electron chi connectivity index (χ3n) is 14.2. The molecule has 67 heavy (non-hydrogen) atoms. The average molecular weight is 879 g/mol. The van der Waals surface area contributed by atoms with E-state index in [0.29, 0.717) is 0 Å². The highest BCUT2D eigenvalue weighted by Crippen LogP contribution is 2.67. The normalized spacial score (nSPS) is 13.9. The van der Waals surface area contributed by atoms with Gasteiger partial charge in [0.05, 0.1) is 22.5 Å². The molecule has 0 N–H and O–H groups in total. The van der Waals surface area contributed by atoms with Crippen LogP contribution in [0.1, 0.15) is 44.9 Å². The monoisotopic (exact) mass is 878 g/mol. The van der Waals surface area contributed by atoms with Crippen molar-refractivity contribution in [2.45, 2.75) is 11.3 Å². The van der Waals surface area contributed by atoms with Crippen molar-refractivity contribution in [2.75, 3.05) is 9.80 Å². The number of hydrogen-bond acceptors (Lipinski definition) is 4. The fourth-order valence-corrected chi connectivity index (χ4v) is 12.8. The van der Waals surface area contributed by atoms with Gasteiger partial charge in [0.2, 0.25) is 0 Å². The smallest absolute Gasteiger partial charge is 0.151 e. The first-order valence-corrected chi connectivity index (χ1v) is 23.6. The molecular weight excluding hydrogens is 840 g/mol. The van der Waals surface area contributed by atoms with E-state index in [1.165, 1.54) is 33.4 Å². The van der Waals surface area contributed by atoms with Crippen LogP contribution >= 0.6 is 11.3 Å². The second kappa shape index (κ2) is 14.6. The summed E-state index contributed by atoms with van der Waals surface area (Å²) < 4.78 is 25.6. The Morgan fingerprint density at radius 1 is 0.463 bits per heavy atom. The number of benzene rings is 10. The van der Waals surface area contributed by atoms with E-state index in [1.807, 2.05) is 18.2 Å². The summed E-state index contributed by atoms with van der Waals surface area (Å²) >= 11 is 1.75. The molecule has 11 aromatic rings. The molecule has 2 aliphatic heterocycles. The summed E-state index contributed by atoms with van der Waals surface area (Å²) in [7, 11) is 0. The molecule has 1 atom stereocenters. The Morgan fingerprint density at radius 2 is 1.09 bits per heavy atom. The molecule has 1 unspecified atom stereocenters. The van der Waals surface area contributed by atoms with Crippen molar-refractivity contribution >= 4 is 65.6 Å². The second-order valence-electron chi connectivity index (χ2n) is 17.7. The van der Waals surface area contributed by atoms with Gasteiger partial charge in [-0.3, -0.25) is 0 Å². The molecule has 3 heterocycles. The first-order chi connectivity index (χ1) is 33.1. The highest BCUT2D eigenvalue weighted by molar-refractivity contribution is 7.26. The number of rotatable bonds is 6. The van der Waals surface area contributed by atoms with Crippen LogP contribution < -0.4 is 14.5 Å². The number of thiophene rings is 1. The molecule has 3 nitrogen and oxygen atoms in total. The molecule has 0 amide bonds. The van der Waals surface area contributed by atoms with E-state index in [1.54, 1.807) is 23.5 Å². The highest BCUT2D eigenvalue weighted by Gasteiger charge is 2.53. The van der Waals surface area contributed by atoms with E-state index in [9.17, 15) is 0 Å². The Hall–Kier alpha value is -8.25. The number of anilines is 6. The quantitative estimate of drug-likeness (QED) is 0.155. The summed E-state index contributed by atoms with van der Waals surface area (Å²) in [4.78, 5) is 4.70. The maximum absolute atomic E-state index is 16.6. The molecule has 0 saturated heterocycles. The van der Waals surface area contributed by atoms with Gasteiger partial charge in [-0.25, -0.2) is 4.39 Å². The molecule has 0 bridgehead atoms. The summed E-state index contributed by atoms with van der Waals surface area (Å²) in [5.41, 5.74) is 16.1. The van der Waals surface area contributed by atoms with Crippen LogP contribution in [-0.4, -0.2) is 0 Å². The lowest BCUT2D eigenvalue weighted by atomic mass is 9.63. The molecule has 0 radical (unpaired) electrons. The molecule has 316 valence electrons. The van der Waals surface area contributed by atoms with Gasteiger partial charge in [0.15, 0.2) is 11.5 Å². The van der Waals surface area contributed by atoms with E-state index >= 15 is 4.39 Å². The molecule has 1 aromatic heterocycles. The van der Waals surface area contributed by atoms with Crippen LogP contribution in [-0.2, 0) is 5.41 Å². The van der Waals surface area contributed by atoms with E-state index < -0.39 is 5.41 Å². The van der Waals surface area contributed by atoms with Crippen molar-refractivity contribution in [3.05, 3.63) is 275 Å². The summed E-state index contributed by atoms with van der Waals surface area (Å²) in [5.74, 6) is 1.11. The van der Waals surface area contributed by atoms with Crippen LogP contribution in [0.3, 0.4) is 0 Å². The first-order valence-electron chi connectivity index (χ1n) is 22.8. The fraction of sp³-hybridized carbons (Fsp3) is 0.0323. The number of halogens is 1.